The van der Waals surface area contributed by atoms with E-state index in [0.717, 1.165) is 63.5 Å². The third kappa shape index (κ3) is 7.49. The largest absolute Gasteiger partial charge is 0.474 e. The van der Waals surface area contributed by atoms with Gasteiger partial charge < -0.3 is 15.0 Å². The Hall–Kier alpha value is -3.08. The molecule has 2 aromatic rings. The molecule has 11 heteroatoms. The van der Waals surface area contributed by atoms with Crippen molar-refractivity contribution < 1.29 is 22.8 Å². The molecule has 208 valence electrons. The van der Waals surface area contributed by atoms with Crippen LogP contribution in [-0.4, -0.2) is 59.7 Å². The van der Waals surface area contributed by atoms with Crippen molar-refractivity contribution in [2.75, 3.05) is 42.9 Å². The number of piperazine rings is 1. The normalized spacial score (nSPS) is 21.3. The number of rotatable bonds is 7. The molecule has 0 amide bonds. The summed E-state index contributed by atoms with van der Waals surface area (Å²) in [6, 6.07) is 8.84. The molecule has 1 aromatic carbocycles. The second-order valence-corrected chi connectivity index (χ2v) is 11.4. The molecule has 0 spiro atoms. The van der Waals surface area contributed by atoms with E-state index in [1.54, 1.807) is 0 Å². The molecule has 0 bridgehead atoms. The number of aromatic nitrogens is 1. The molecule has 1 N–H and O–H groups in total. The first-order valence-corrected chi connectivity index (χ1v) is 13.1. The molecular formula is C27H36F3N5O3. The average Bonchev–Trinajstić information content (AvgIpc) is 2.84. The van der Waals surface area contributed by atoms with Crippen LogP contribution in [-0.2, 0) is 6.18 Å². The van der Waals surface area contributed by atoms with E-state index >= 15 is 0 Å². The van der Waals surface area contributed by atoms with E-state index in [2.05, 4.69) is 35.9 Å². The number of nitro groups is 1. The quantitative estimate of drug-likeness (QED) is 0.345. The number of ether oxygens (including phenoxy) is 1. The lowest BCUT2D eigenvalue weighted by molar-refractivity contribution is -0.388. The zero-order valence-electron chi connectivity index (χ0n) is 22.1. The topological polar surface area (TPSA) is 83.8 Å². The molecule has 2 heterocycles. The summed E-state index contributed by atoms with van der Waals surface area (Å²) in [5, 5.41) is 14.1. The highest BCUT2D eigenvalue weighted by atomic mass is 19.4. The predicted molar refractivity (Wildman–Crippen MR) is 141 cm³/mol. The summed E-state index contributed by atoms with van der Waals surface area (Å²) in [5.41, 5.74) is -1.69. The first-order valence-electron chi connectivity index (χ1n) is 13.1. The van der Waals surface area contributed by atoms with Crippen molar-refractivity contribution in [1.82, 2.24) is 9.88 Å². The smallest absolute Gasteiger partial charge is 0.423 e. The third-order valence-electron chi connectivity index (χ3n) is 6.93. The fourth-order valence-corrected chi connectivity index (χ4v) is 5.20. The van der Waals surface area contributed by atoms with Gasteiger partial charge in [-0.3, -0.25) is 15.0 Å². The van der Waals surface area contributed by atoms with Gasteiger partial charge in [0.05, 0.1) is 4.92 Å². The van der Waals surface area contributed by atoms with Gasteiger partial charge in [0.15, 0.2) is 0 Å². The van der Waals surface area contributed by atoms with Crippen LogP contribution in [0.5, 0.6) is 5.88 Å². The van der Waals surface area contributed by atoms with E-state index in [9.17, 15) is 23.3 Å². The Morgan fingerprint density at radius 2 is 1.74 bits per heavy atom. The van der Waals surface area contributed by atoms with E-state index in [4.69, 9.17) is 9.72 Å². The van der Waals surface area contributed by atoms with Gasteiger partial charge in [-0.15, -0.1) is 0 Å². The maximum Gasteiger partial charge on any atom is 0.423 e. The van der Waals surface area contributed by atoms with Crippen LogP contribution in [0.1, 0.15) is 52.0 Å². The summed E-state index contributed by atoms with van der Waals surface area (Å²) in [6.07, 6.45) is -1.95. The van der Waals surface area contributed by atoms with Gasteiger partial charge in [0, 0.05) is 56.6 Å². The molecule has 38 heavy (non-hydrogen) atoms. The maximum absolute atomic E-state index is 13.3. The number of nitro benzene ring substituents is 1. The number of alkyl halides is 3. The Labute approximate surface area is 221 Å². The van der Waals surface area contributed by atoms with Crippen molar-refractivity contribution in [2.24, 2.45) is 5.41 Å². The zero-order chi connectivity index (χ0) is 27.5. The van der Waals surface area contributed by atoms with Crippen molar-refractivity contribution in [3.8, 4) is 5.88 Å². The minimum Gasteiger partial charge on any atom is -0.474 e. The zero-order valence-corrected chi connectivity index (χ0v) is 22.1. The Kier molecular flexibility index (Phi) is 8.34. The highest BCUT2D eigenvalue weighted by Gasteiger charge is 2.38. The number of hydrogen-bond acceptors (Lipinski definition) is 7. The second-order valence-electron chi connectivity index (χ2n) is 11.4. The number of benzene rings is 1. The highest BCUT2D eigenvalue weighted by molar-refractivity contribution is 5.55. The minimum absolute atomic E-state index is 0.0259. The molecule has 1 aromatic heterocycles. The van der Waals surface area contributed by atoms with E-state index in [0.29, 0.717) is 18.7 Å². The van der Waals surface area contributed by atoms with Crippen molar-refractivity contribution >= 4 is 17.2 Å². The highest BCUT2D eigenvalue weighted by Crippen LogP contribution is 2.38. The lowest BCUT2D eigenvalue weighted by Crippen LogP contribution is -2.49. The molecule has 2 aliphatic rings. The number of pyridine rings is 1. The Morgan fingerprint density at radius 1 is 1.05 bits per heavy atom. The average molecular weight is 536 g/mol. The van der Waals surface area contributed by atoms with Crippen LogP contribution in [0.3, 0.4) is 0 Å². The number of nitrogens with zero attached hydrogens (tertiary/aromatic N) is 4. The van der Waals surface area contributed by atoms with E-state index < -0.39 is 22.4 Å². The fraction of sp³-hybridized carbons (Fsp3) is 0.593. The molecule has 0 atom stereocenters. The Balaban J connectivity index is 1.28. The van der Waals surface area contributed by atoms with Gasteiger partial charge in [0.2, 0.25) is 5.88 Å². The van der Waals surface area contributed by atoms with Gasteiger partial charge in [0.1, 0.15) is 17.5 Å². The van der Waals surface area contributed by atoms with Crippen LogP contribution in [0.15, 0.2) is 36.4 Å². The Bertz CT molecular complexity index is 1110. The number of hydrogen-bond donors (Lipinski definition) is 1. The van der Waals surface area contributed by atoms with Gasteiger partial charge in [-0.25, -0.2) is 0 Å². The van der Waals surface area contributed by atoms with Crippen LogP contribution < -0.4 is 15.0 Å². The van der Waals surface area contributed by atoms with Crippen LogP contribution in [0.25, 0.3) is 0 Å². The predicted octanol–water partition coefficient (Wildman–Crippen LogP) is 5.98. The molecule has 1 aliphatic heterocycles. The number of anilines is 2. The molecule has 0 radical (unpaired) electrons. The second kappa shape index (κ2) is 11.3. The monoisotopic (exact) mass is 535 g/mol. The molecule has 1 saturated heterocycles. The van der Waals surface area contributed by atoms with E-state index in [1.165, 1.54) is 6.07 Å². The molecule has 2 fully saturated rings. The number of nitrogens with one attached hydrogen (secondary N) is 1. The van der Waals surface area contributed by atoms with E-state index in [1.807, 2.05) is 18.2 Å². The minimum atomic E-state index is -4.80. The van der Waals surface area contributed by atoms with Crippen LogP contribution >= 0.6 is 0 Å². The summed E-state index contributed by atoms with van der Waals surface area (Å²) in [6.45, 7) is 11.7. The van der Waals surface area contributed by atoms with Crippen LogP contribution in [0.4, 0.5) is 30.4 Å². The summed E-state index contributed by atoms with van der Waals surface area (Å²) < 4.78 is 46.0. The summed E-state index contributed by atoms with van der Waals surface area (Å²) in [5.74, 6) is 1.49. The molecule has 1 saturated carbocycles. The molecule has 0 unspecified atom stereocenters. The maximum atomic E-state index is 13.3. The first-order chi connectivity index (χ1) is 17.9. The van der Waals surface area contributed by atoms with E-state index in [-0.39, 0.29) is 23.2 Å². The van der Waals surface area contributed by atoms with Crippen molar-refractivity contribution in [3.05, 3.63) is 52.1 Å². The summed E-state index contributed by atoms with van der Waals surface area (Å²) in [4.78, 5) is 19.5. The molecule has 1 aliphatic carbocycles. The lowest BCUT2D eigenvalue weighted by atomic mass is 9.92. The first kappa shape index (κ1) is 27.9. The molecular weight excluding hydrogens is 499 g/mol. The fourth-order valence-electron chi connectivity index (χ4n) is 5.20. The van der Waals surface area contributed by atoms with Gasteiger partial charge in [0.25, 0.3) is 5.69 Å². The van der Waals surface area contributed by atoms with Gasteiger partial charge in [-0.2, -0.15) is 18.2 Å². The van der Waals surface area contributed by atoms with Crippen molar-refractivity contribution in [1.29, 1.82) is 0 Å². The Morgan fingerprint density at radius 3 is 2.34 bits per heavy atom. The van der Waals surface area contributed by atoms with Gasteiger partial charge >= 0.3 is 6.18 Å². The summed E-state index contributed by atoms with van der Waals surface area (Å²) >= 11 is 0. The van der Waals surface area contributed by atoms with Gasteiger partial charge in [-0.1, -0.05) is 26.8 Å². The van der Waals surface area contributed by atoms with Crippen molar-refractivity contribution in [3.63, 3.8) is 0 Å². The standard InChI is InChI=1S/C27H36F3N5O3/c1-26(2,3)18-33-13-15-34(16-14-33)24-5-4-6-25(32-24)38-21-10-7-19(8-11-21)31-20-9-12-23(35(36)37)22(17-20)27(28,29)30/h4-6,9,12,17,19,21,31H,7-8,10-11,13-16,18H2,1-3H3. The lowest BCUT2D eigenvalue weighted by Gasteiger charge is -2.38. The molecule has 4 rings (SSSR count). The molecule has 8 nitrogen and oxygen atoms in total. The van der Waals surface area contributed by atoms with Gasteiger partial charge in [-0.05, 0) is 49.3 Å². The SMILES string of the molecule is CC(C)(C)CN1CCN(c2cccc(OC3CCC(Nc4ccc([N+](=O)[O-])c(C(F)(F)F)c4)CC3)n2)CC1. The van der Waals surface area contributed by atoms with Crippen molar-refractivity contribution in [2.45, 2.75) is 64.8 Å². The van der Waals surface area contributed by atoms with Crippen LogP contribution in [0, 0.1) is 15.5 Å². The summed E-state index contributed by atoms with van der Waals surface area (Å²) in [7, 11) is 0. The third-order valence-corrected chi connectivity index (χ3v) is 6.93. The number of halogens is 3. The van der Waals surface area contributed by atoms with Crippen LogP contribution in [0.2, 0.25) is 0 Å².